The van der Waals surface area contributed by atoms with Gasteiger partial charge in [-0.15, -0.1) is 0 Å². The second-order valence-electron chi connectivity index (χ2n) is 10.4. The summed E-state index contributed by atoms with van der Waals surface area (Å²) < 4.78 is 8.97. The second kappa shape index (κ2) is 7.86. The van der Waals surface area contributed by atoms with Crippen LogP contribution in [0, 0.1) is 24.2 Å². The molecule has 176 valence electrons. The number of aromatic nitrogens is 2. The van der Waals surface area contributed by atoms with E-state index in [0.717, 1.165) is 32.1 Å². The molecule has 0 spiro atoms. The summed E-state index contributed by atoms with van der Waals surface area (Å²) >= 11 is 3.92. The minimum absolute atomic E-state index is 0.0330. The van der Waals surface area contributed by atoms with Gasteiger partial charge in [-0.3, -0.25) is 19.1 Å². The van der Waals surface area contributed by atoms with E-state index in [-0.39, 0.29) is 21.5 Å². The maximum atomic E-state index is 13.3. The van der Waals surface area contributed by atoms with E-state index in [1.165, 1.54) is 11.1 Å². The van der Waals surface area contributed by atoms with Crippen molar-refractivity contribution < 1.29 is 14.3 Å². The van der Waals surface area contributed by atoms with Crippen molar-refractivity contribution >= 4 is 33.5 Å². The molecule has 0 radical (unpaired) electrons. The number of esters is 1. The van der Waals surface area contributed by atoms with Gasteiger partial charge in [-0.1, -0.05) is 34.1 Å². The van der Waals surface area contributed by atoms with Crippen molar-refractivity contribution in [3.05, 3.63) is 46.4 Å². The number of rotatable bonds is 5. The fraction of sp³-hybridized carbons (Fsp3) is 0.560. The fourth-order valence-corrected chi connectivity index (χ4v) is 8.12. The van der Waals surface area contributed by atoms with Crippen molar-refractivity contribution in [3.63, 3.8) is 0 Å². The van der Waals surface area contributed by atoms with Crippen LogP contribution in [0.1, 0.15) is 51.1 Å². The number of para-hydroxylation sites is 1. The molecule has 0 aliphatic heterocycles. The predicted octanol–water partition coefficient (Wildman–Crippen LogP) is 4.09. The summed E-state index contributed by atoms with van der Waals surface area (Å²) in [5.41, 5.74) is 0.709. The number of halogens is 1. The van der Waals surface area contributed by atoms with Crippen LogP contribution in [-0.2, 0) is 21.4 Å². The molecule has 0 unspecified atom stereocenters. The van der Waals surface area contributed by atoms with Crippen molar-refractivity contribution in [2.24, 2.45) is 24.3 Å². The molecule has 7 nitrogen and oxygen atoms in total. The summed E-state index contributed by atoms with van der Waals surface area (Å²) in [5.74, 6) is 0.332. The van der Waals surface area contributed by atoms with Crippen LogP contribution < -0.4 is 10.9 Å². The van der Waals surface area contributed by atoms with Crippen molar-refractivity contribution in [2.45, 2.75) is 62.8 Å². The Kier molecular flexibility index (Phi) is 5.34. The molecule has 6 rings (SSSR count). The van der Waals surface area contributed by atoms with Crippen molar-refractivity contribution in [1.82, 2.24) is 9.36 Å². The van der Waals surface area contributed by atoms with E-state index in [1.807, 2.05) is 30.3 Å². The Labute approximate surface area is 201 Å². The van der Waals surface area contributed by atoms with Crippen LogP contribution in [0.4, 0.5) is 5.69 Å². The molecule has 33 heavy (non-hydrogen) atoms. The van der Waals surface area contributed by atoms with E-state index in [2.05, 4.69) is 21.2 Å². The Hall–Kier alpha value is -2.35. The molecule has 1 aromatic carbocycles. The van der Waals surface area contributed by atoms with Gasteiger partial charge in [0.05, 0.1) is 16.8 Å². The Morgan fingerprint density at radius 3 is 2.39 bits per heavy atom. The lowest BCUT2D eigenvalue weighted by Crippen LogP contribution is -2.56. The normalized spacial score (nSPS) is 30.8. The number of nitrogens with one attached hydrogen (secondary N) is 1. The van der Waals surface area contributed by atoms with Crippen molar-refractivity contribution in [2.75, 3.05) is 5.32 Å². The number of hydrogen-bond acceptors (Lipinski definition) is 4. The summed E-state index contributed by atoms with van der Waals surface area (Å²) in [7, 11) is 1.77. The lowest BCUT2D eigenvalue weighted by atomic mass is 9.49. The third-order valence-electron chi connectivity index (χ3n) is 7.88. The molecular formula is C25H30BrN3O4. The first-order valence-electron chi connectivity index (χ1n) is 11.7. The lowest BCUT2D eigenvalue weighted by molar-refractivity contribution is -0.175. The molecule has 1 aromatic heterocycles. The topological polar surface area (TPSA) is 82.3 Å². The molecule has 1 N–H and O–H groups in total. The zero-order valence-corrected chi connectivity index (χ0v) is 20.9. The summed E-state index contributed by atoms with van der Waals surface area (Å²) in [5, 5.41) is 2.72. The highest BCUT2D eigenvalue weighted by Gasteiger charge is 2.60. The lowest BCUT2D eigenvalue weighted by Gasteiger charge is -2.58. The van der Waals surface area contributed by atoms with Gasteiger partial charge in [0, 0.05) is 11.4 Å². The predicted molar refractivity (Wildman–Crippen MR) is 129 cm³/mol. The van der Waals surface area contributed by atoms with E-state index in [4.69, 9.17) is 4.74 Å². The van der Waals surface area contributed by atoms with Gasteiger partial charge in [-0.05, 0) is 76.3 Å². The summed E-state index contributed by atoms with van der Waals surface area (Å²) in [6.45, 7) is 3.35. The zero-order valence-electron chi connectivity index (χ0n) is 19.3. The third-order valence-corrected chi connectivity index (χ3v) is 8.81. The van der Waals surface area contributed by atoms with Gasteiger partial charge in [0.1, 0.15) is 5.69 Å². The minimum Gasteiger partial charge on any atom is -0.452 e. The molecular weight excluding hydrogens is 486 g/mol. The average Bonchev–Trinajstić information content (AvgIpc) is 2.95. The summed E-state index contributed by atoms with van der Waals surface area (Å²) in [6.07, 6.45) is 4.93. The summed E-state index contributed by atoms with van der Waals surface area (Å²) in [4.78, 5) is 39.3. The van der Waals surface area contributed by atoms with Gasteiger partial charge in [-0.25, -0.2) is 4.68 Å². The highest BCUT2D eigenvalue weighted by atomic mass is 79.9. The Balaban J connectivity index is 1.31. The Morgan fingerprint density at radius 2 is 1.79 bits per heavy atom. The Bertz CT molecular complexity index is 1150. The SMILES string of the molecule is Cc1c(NC(=O)[C@@H](C)OC(=O)C23C[C@H]4C[C@@H](CC(Br)(C4)C2)C3)c(=O)n(-c2ccccc2)n1C. The van der Waals surface area contributed by atoms with E-state index < -0.39 is 17.4 Å². The largest absolute Gasteiger partial charge is 0.452 e. The molecule has 0 saturated heterocycles. The highest BCUT2D eigenvalue weighted by Crippen LogP contribution is 2.64. The maximum Gasteiger partial charge on any atom is 0.312 e. The first-order valence-corrected chi connectivity index (χ1v) is 12.4. The van der Waals surface area contributed by atoms with Crippen LogP contribution in [0.2, 0.25) is 0 Å². The van der Waals surface area contributed by atoms with E-state index in [9.17, 15) is 14.4 Å². The van der Waals surface area contributed by atoms with Crippen LogP contribution in [0.25, 0.3) is 5.69 Å². The average molecular weight is 516 g/mol. The van der Waals surface area contributed by atoms with E-state index in [0.29, 0.717) is 23.2 Å². The van der Waals surface area contributed by atoms with Gasteiger partial charge in [0.2, 0.25) is 0 Å². The standard InChI is InChI=1S/C25H30BrN3O4/c1-15-20(22(31)29(28(15)3)19-7-5-4-6-8-19)27-21(30)16(2)33-23(32)24-10-17-9-18(11-24)13-25(26,12-17)14-24/h4-8,16-18H,9-14H2,1-3H3,(H,27,30)/t16-,17-,18-,24?,25?/m1/s1. The molecule has 4 fully saturated rings. The number of hydrogen-bond donors (Lipinski definition) is 1. The number of carbonyl (C=O) groups is 2. The molecule has 4 aliphatic rings. The van der Waals surface area contributed by atoms with Crippen molar-refractivity contribution in [3.8, 4) is 5.69 Å². The molecule has 8 heteroatoms. The maximum absolute atomic E-state index is 13.3. The zero-order chi connectivity index (χ0) is 23.5. The molecule has 4 aliphatic carbocycles. The van der Waals surface area contributed by atoms with Crippen LogP contribution >= 0.6 is 15.9 Å². The fourth-order valence-electron chi connectivity index (χ4n) is 6.67. The quantitative estimate of drug-likeness (QED) is 0.480. The number of anilines is 1. The number of carbonyl (C=O) groups excluding carboxylic acids is 2. The highest BCUT2D eigenvalue weighted by molar-refractivity contribution is 9.10. The number of amides is 1. The Morgan fingerprint density at radius 1 is 1.15 bits per heavy atom. The first kappa shape index (κ1) is 22.4. The number of benzene rings is 1. The molecule has 1 amide bonds. The van der Waals surface area contributed by atoms with E-state index >= 15 is 0 Å². The van der Waals surface area contributed by atoms with Gasteiger partial charge in [0.15, 0.2) is 6.10 Å². The van der Waals surface area contributed by atoms with Gasteiger partial charge < -0.3 is 10.1 Å². The van der Waals surface area contributed by atoms with Crippen LogP contribution in [0.15, 0.2) is 35.1 Å². The van der Waals surface area contributed by atoms with Gasteiger partial charge in [0.25, 0.3) is 11.5 Å². The van der Waals surface area contributed by atoms with Crippen LogP contribution in [0.5, 0.6) is 0 Å². The first-order chi connectivity index (χ1) is 15.6. The number of nitrogens with zero attached hydrogens (tertiary/aromatic N) is 2. The number of alkyl halides is 1. The molecule has 1 heterocycles. The summed E-state index contributed by atoms with van der Waals surface area (Å²) in [6, 6.07) is 9.25. The van der Waals surface area contributed by atoms with Crippen LogP contribution in [0.3, 0.4) is 0 Å². The second-order valence-corrected chi connectivity index (χ2v) is 12.0. The molecule has 2 aromatic rings. The van der Waals surface area contributed by atoms with Crippen LogP contribution in [-0.4, -0.2) is 31.7 Å². The molecule has 4 saturated carbocycles. The minimum atomic E-state index is -0.985. The smallest absolute Gasteiger partial charge is 0.312 e. The third kappa shape index (κ3) is 3.76. The van der Waals surface area contributed by atoms with Crippen molar-refractivity contribution in [1.29, 1.82) is 0 Å². The van der Waals surface area contributed by atoms with Gasteiger partial charge in [-0.2, -0.15) is 0 Å². The molecule has 4 bridgehead atoms. The van der Waals surface area contributed by atoms with E-state index in [1.54, 1.807) is 25.6 Å². The molecule has 3 atom stereocenters. The number of ether oxygens (including phenoxy) is 1. The monoisotopic (exact) mass is 515 g/mol. The van der Waals surface area contributed by atoms with Gasteiger partial charge >= 0.3 is 5.97 Å².